The van der Waals surface area contributed by atoms with Gasteiger partial charge in [-0.05, 0) is 50.7 Å². The number of rotatable bonds is 0. The molecule has 24 heavy (non-hydrogen) atoms. The molecular weight excluding hydrogens is 312 g/mol. The van der Waals surface area contributed by atoms with E-state index < -0.39 is 24.3 Å². The van der Waals surface area contributed by atoms with Crippen LogP contribution in [0.15, 0.2) is 18.2 Å². The number of cyclic esters (lactones) is 1. The number of aliphatic hydroxyl groups excluding tert-OH is 2. The van der Waals surface area contributed by atoms with Gasteiger partial charge in [0.1, 0.15) is 17.1 Å². The maximum atomic E-state index is 12.3. The van der Waals surface area contributed by atoms with Crippen molar-refractivity contribution in [3.05, 3.63) is 29.3 Å². The molecule has 0 amide bonds. The lowest BCUT2D eigenvalue weighted by atomic mass is 10.00. The van der Waals surface area contributed by atoms with Gasteiger partial charge in [0, 0.05) is 6.07 Å². The molecule has 1 aliphatic heterocycles. The van der Waals surface area contributed by atoms with E-state index in [1.807, 2.05) is 0 Å². The van der Waals surface area contributed by atoms with Crippen molar-refractivity contribution in [3.8, 4) is 11.5 Å². The summed E-state index contributed by atoms with van der Waals surface area (Å²) in [5.74, 6) is -1.15. The standard InChI is InChI=1S/C18H24O6/c1-11-5-4-8-15(21)14(20)7-3-2-6-12-9-13(19)10-16(22)17(12)18(23)24-11/h2,6,9-11,14-15,19-22H,3-5,7-8H2,1H3/t11-,14-,15-/m0/s1. The number of aliphatic hydroxyl groups is 2. The predicted molar refractivity (Wildman–Crippen MR) is 88.8 cm³/mol. The topological polar surface area (TPSA) is 107 Å². The molecule has 1 aliphatic rings. The molecule has 132 valence electrons. The summed E-state index contributed by atoms with van der Waals surface area (Å²) >= 11 is 0. The summed E-state index contributed by atoms with van der Waals surface area (Å²) in [6, 6.07) is 2.47. The molecule has 2 rings (SSSR count). The average molecular weight is 336 g/mol. The number of hydrogen-bond donors (Lipinski definition) is 4. The Morgan fingerprint density at radius 3 is 2.54 bits per heavy atom. The lowest BCUT2D eigenvalue weighted by molar-refractivity contribution is 0.00511. The van der Waals surface area contributed by atoms with Crippen LogP contribution in [0.4, 0.5) is 0 Å². The van der Waals surface area contributed by atoms with Gasteiger partial charge in [0.25, 0.3) is 0 Å². The number of carbonyl (C=O) groups excluding carboxylic acids is 1. The van der Waals surface area contributed by atoms with E-state index in [1.54, 1.807) is 19.1 Å². The molecule has 0 unspecified atom stereocenters. The van der Waals surface area contributed by atoms with E-state index in [0.717, 1.165) is 6.07 Å². The Hall–Kier alpha value is -2.05. The number of hydrogen-bond acceptors (Lipinski definition) is 6. The third-order valence-electron chi connectivity index (χ3n) is 4.13. The van der Waals surface area contributed by atoms with Crippen LogP contribution in [0.5, 0.6) is 11.5 Å². The molecule has 0 spiro atoms. The Balaban J connectivity index is 2.32. The molecule has 0 aliphatic carbocycles. The predicted octanol–water partition coefficient (Wildman–Crippen LogP) is 2.34. The first-order chi connectivity index (χ1) is 11.4. The van der Waals surface area contributed by atoms with Crippen molar-refractivity contribution in [2.24, 2.45) is 0 Å². The fourth-order valence-corrected chi connectivity index (χ4v) is 2.76. The van der Waals surface area contributed by atoms with Crippen molar-refractivity contribution in [1.29, 1.82) is 0 Å². The lowest BCUT2D eigenvalue weighted by Crippen LogP contribution is -2.26. The zero-order chi connectivity index (χ0) is 17.7. The summed E-state index contributed by atoms with van der Waals surface area (Å²) in [4.78, 5) is 12.3. The maximum Gasteiger partial charge on any atom is 0.342 e. The summed E-state index contributed by atoms with van der Waals surface area (Å²) < 4.78 is 5.35. The van der Waals surface area contributed by atoms with Crippen LogP contribution < -0.4 is 0 Å². The van der Waals surface area contributed by atoms with Gasteiger partial charge >= 0.3 is 5.97 Å². The number of aromatic hydroxyl groups is 2. The van der Waals surface area contributed by atoms with Crippen LogP contribution in [0.1, 0.15) is 54.9 Å². The Morgan fingerprint density at radius 2 is 1.79 bits per heavy atom. The third-order valence-corrected chi connectivity index (χ3v) is 4.13. The number of benzene rings is 1. The molecular formula is C18H24O6. The van der Waals surface area contributed by atoms with Crippen LogP contribution in [0.3, 0.4) is 0 Å². The van der Waals surface area contributed by atoms with Gasteiger partial charge in [0.15, 0.2) is 0 Å². The van der Waals surface area contributed by atoms with Crippen molar-refractivity contribution in [2.75, 3.05) is 0 Å². The molecule has 1 aromatic rings. The van der Waals surface area contributed by atoms with Crippen LogP contribution in [-0.4, -0.2) is 44.7 Å². The summed E-state index contributed by atoms with van der Waals surface area (Å²) in [5, 5.41) is 39.5. The average Bonchev–Trinajstić information content (AvgIpc) is 2.49. The summed E-state index contributed by atoms with van der Waals surface area (Å²) in [6.45, 7) is 1.74. The second-order valence-corrected chi connectivity index (χ2v) is 6.19. The Bertz CT molecular complexity index is 610. The van der Waals surface area contributed by atoms with E-state index in [0.29, 0.717) is 37.7 Å². The molecule has 0 bridgehead atoms. The van der Waals surface area contributed by atoms with Gasteiger partial charge in [-0.25, -0.2) is 4.79 Å². The second kappa shape index (κ2) is 8.17. The van der Waals surface area contributed by atoms with Gasteiger partial charge in [0.05, 0.1) is 18.3 Å². The van der Waals surface area contributed by atoms with E-state index in [2.05, 4.69) is 0 Å². The van der Waals surface area contributed by atoms with Gasteiger partial charge in [-0.2, -0.15) is 0 Å². The fraction of sp³-hybridized carbons (Fsp3) is 0.500. The SMILES string of the molecule is C[C@H]1CCC[C@H](O)[C@@H](O)CCC=Cc2cc(O)cc(O)c2C(=O)O1. The molecule has 0 fully saturated rings. The maximum absolute atomic E-state index is 12.3. The van der Waals surface area contributed by atoms with Gasteiger partial charge in [-0.3, -0.25) is 0 Å². The van der Waals surface area contributed by atoms with Crippen LogP contribution in [-0.2, 0) is 4.74 Å². The monoisotopic (exact) mass is 336 g/mol. The quantitative estimate of drug-likeness (QED) is 0.542. The number of phenolic OH excluding ortho intramolecular Hbond substituents is 2. The third kappa shape index (κ3) is 4.72. The summed E-state index contributed by atoms with van der Waals surface area (Å²) in [7, 11) is 0. The van der Waals surface area contributed by atoms with Gasteiger partial charge < -0.3 is 25.2 Å². The van der Waals surface area contributed by atoms with Crippen LogP contribution in [0.2, 0.25) is 0 Å². The van der Waals surface area contributed by atoms with Crippen molar-refractivity contribution in [3.63, 3.8) is 0 Å². The summed E-state index contributed by atoms with van der Waals surface area (Å²) in [5.41, 5.74) is 0.352. The van der Waals surface area contributed by atoms with Crippen LogP contribution in [0, 0.1) is 0 Å². The molecule has 1 heterocycles. The van der Waals surface area contributed by atoms with Crippen molar-refractivity contribution in [2.45, 2.75) is 57.3 Å². The number of esters is 1. The Labute approximate surface area is 141 Å². The van der Waals surface area contributed by atoms with Gasteiger partial charge in [-0.15, -0.1) is 0 Å². The molecule has 0 radical (unpaired) electrons. The van der Waals surface area contributed by atoms with Crippen molar-refractivity contribution in [1.82, 2.24) is 0 Å². The van der Waals surface area contributed by atoms with E-state index >= 15 is 0 Å². The Kier molecular flexibility index (Phi) is 6.23. The molecule has 0 aromatic heterocycles. The van der Waals surface area contributed by atoms with Crippen molar-refractivity contribution >= 4 is 12.0 Å². The first kappa shape index (κ1) is 18.3. The normalized spacial score (nSPS) is 26.3. The zero-order valence-corrected chi connectivity index (χ0v) is 13.7. The summed E-state index contributed by atoms with van der Waals surface area (Å²) in [6.07, 6.45) is 3.75. The molecule has 0 saturated carbocycles. The van der Waals surface area contributed by atoms with Crippen LogP contribution >= 0.6 is 0 Å². The number of ether oxygens (including phenoxy) is 1. The first-order valence-corrected chi connectivity index (χ1v) is 8.18. The van der Waals surface area contributed by atoms with Crippen molar-refractivity contribution < 1.29 is 30.0 Å². The van der Waals surface area contributed by atoms with Gasteiger partial charge in [0.2, 0.25) is 0 Å². The minimum absolute atomic E-state index is 0.00791. The molecule has 1 aromatic carbocycles. The van der Waals surface area contributed by atoms with E-state index in [4.69, 9.17) is 4.74 Å². The number of phenols is 2. The first-order valence-electron chi connectivity index (χ1n) is 8.18. The molecule has 6 nitrogen and oxygen atoms in total. The zero-order valence-electron chi connectivity index (χ0n) is 13.7. The minimum atomic E-state index is -0.813. The minimum Gasteiger partial charge on any atom is -0.508 e. The van der Waals surface area contributed by atoms with E-state index in [9.17, 15) is 25.2 Å². The highest BCUT2D eigenvalue weighted by Gasteiger charge is 2.22. The van der Waals surface area contributed by atoms with E-state index in [1.165, 1.54) is 6.07 Å². The molecule has 4 N–H and O–H groups in total. The van der Waals surface area contributed by atoms with E-state index in [-0.39, 0.29) is 17.1 Å². The highest BCUT2D eigenvalue weighted by molar-refractivity contribution is 5.97. The fourth-order valence-electron chi connectivity index (χ4n) is 2.76. The number of fused-ring (bicyclic) bond motifs is 1. The number of allylic oxidation sites excluding steroid dienone is 1. The highest BCUT2D eigenvalue weighted by atomic mass is 16.5. The van der Waals surface area contributed by atoms with Crippen LogP contribution in [0.25, 0.3) is 6.08 Å². The largest absolute Gasteiger partial charge is 0.508 e. The molecule has 6 heteroatoms. The molecule has 0 saturated heterocycles. The second-order valence-electron chi connectivity index (χ2n) is 6.19. The lowest BCUT2D eigenvalue weighted by Gasteiger charge is -2.19. The smallest absolute Gasteiger partial charge is 0.342 e. The van der Waals surface area contributed by atoms with Gasteiger partial charge in [-0.1, -0.05) is 12.2 Å². The molecule has 3 atom stereocenters. The highest BCUT2D eigenvalue weighted by Crippen LogP contribution is 2.30. The Morgan fingerprint density at radius 1 is 1.08 bits per heavy atom. The number of carbonyl (C=O) groups is 1.